The van der Waals surface area contributed by atoms with E-state index >= 15 is 0 Å². The fourth-order valence-electron chi connectivity index (χ4n) is 1.30. The first-order valence-electron chi connectivity index (χ1n) is 4.92. The molecular formula is C12H13NO3. The molecule has 0 unspecified atom stereocenters. The molecule has 1 aromatic rings. The Kier molecular flexibility index (Phi) is 4.87. The van der Waals surface area contributed by atoms with Gasteiger partial charge in [0.25, 0.3) is 0 Å². The number of para-hydroxylation sites is 1. The van der Waals surface area contributed by atoms with Crippen molar-refractivity contribution in [3.8, 4) is 11.8 Å². The Hall–Kier alpha value is -2.02. The molecule has 0 aliphatic heterocycles. The first-order chi connectivity index (χ1) is 7.77. The van der Waals surface area contributed by atoms with Gasteiger partial charge in [-0.05, 0) is 11.6 Å². The number of ether oxygens (including phenoxy) is 2. The highest BCUT2D eigenvalue weighted by molar-refractivity contribution is 5.71. The Morgan fingerprint density at radius 1 is 1.44 bits per heavy atom. The standard InChI is InChI=1S/C12H13NO3/c1-15-11-5-3-2-4-10(11)7-9-16-12(14)6-8-13/h2-5H,6-7,9H2,1H3. The van der Waals surface area contributed by atoms with Gasteiger partial charge in [-0.2, -0.15) is 5.26 Å². The second-order valence-electron chi connectivity index (χ2n) is 3.12. The van der Waals surface area contributed by atoms with Crippen LogP contribution in [0.1, 0.15) is 12.0 Å². The van der Waals surface area contributed by atoms with Crippen LogP contribution in [-0.2, 0) is 16.0 Å². The number of carbonyl (C=O) groups is 1. The second-order valence-corrected chi connectivity index (χ2v) is 3.12. The number of nitrogens with zero attached hydrogens (tertiary/aromatic N) is 1. The molecule has 0 aliphatic carbocycles. The Balaban J connectivity index is 2.43. The van der Waals surface area contributed by atoms with Crippen LogP contribution in [0.25, 0.3) is 0 Å². The summed E-state index contributed by atoms with van der Waals surface area (Å²) in [6.07, 6.45) is 0.382. The Bertz CT molecular complexity index is 395. The number of nitriles is 1. The van der Waals surface area contributed by atoms with Gasteiger partial charge in [-0.25, -0.2) is 0 Å². The van der Waals surface area contributed by atoms with Gasteiger partial charge in [0.15, 0.2) is 0 Å². The van der Waals surface area contributed by atoms with Crippen molar-refractivity contribution in [2.45, 2.75) is 12.8 Å². The summed E-state index contributed by atoms with van der Waals surface area (Å²) in [4.78, 5) is 10.9. The lowest BCUT2D eigenvalue weighted by Crippen LogP contribution is -2.07. The molecule has 0 aromatic heterocycles. The van der Waals surface area contributed by atoms with Crippen molar-refractivity contribution in [3.63, 3.8) is 0 Å². The smallest absolute Gasteiger partial charge is 0.320 e. The first kappa shape index (κ1) is 12.1. The van der Waals surface area contributed by atoms with Gasteiger partial charge in [0.05, 0.1) is 19.8 Å². The third-order valence-electron chi connectivity index (χ3n) is 2.05. The summed E-state index contributed by atoms with van der Waals surface area (Å²) in [7, 11) is 1.60. The van der Waals surface area contributed by atoms with E-state index in [1.807, 2.05) is 24.3 Å². The summed E-state index contributed by atoms with van der Waals surface area (Å²) in [6, 6.07) is 9.28. The molecule has 0 aliphatic rings. The predicted molar refractivity (Wildman–Crippen MR) is 57.9 cm³/mol. The summed E-state index contributed by atoms with van der Waals surface area (Å²) in [5, 5.41) is 8.26. The summed E-state index contributed by atoms with van der Waals surface area (Å²) in [5.74, 6) is 0.288. The van der Waals surface area contributed by atoms with Crippen LogP contribution >= 0.6 is 0 Å². The maximum absolute atomic E-state index is 10.9. The molecule has 1 rings (SSSR count). The van der Waals surface area contributed by atoms with Crippen molar-refractivity contribution >= 4 is 5.97 Å². The van der Waals surface area contributed by atoms with E-state index in [0.29, 0.717) is 6.42 Å². The zero-order valence-corrected chi connectivity index (χ0v) is 9.10. The van der Waals surface area contributed by atoms with Gasteiger partial charge in [0.1, 0.15) is 12.2 Å². The Labute approximate surface area is 94.4 Å². The first-order valence-corrected chi connectivity index (χ1v) is 4.92. The van der Waals surface area contributed by atoms with Crippen LogP contribution in [0.5, 0.6) is 5.75 Å². The Morgan fingerprint density at radius 2 is 2.19 bits per heavy atom. The molecular weight excluding hydrogens is 206 g/mol. The minimum atomic E-state index is -0.489. The number of carbonyl (C=O) groups excluding carboxylic acids is 1. The van der Waals surface area contributed by atoms with Crippen LogP contribution in [-0.4, -0.2) is 19.7 Å². The van der Waals surface area contributed by atoms with Crippen LogP contribution in [0.3, 0.4) is 0 Å². The van der Waals surface area contributed by atoms with E-state index in [0.717, 1.165) is 11.3 Å². The van der Waals surface area contributed by atoms with Crippen LogP contribution in [0, 0.1) is 11.3 Å². The molecule has 0 bridgehead atoms. The number of hydrogen-bond donors (Lipinski definition) is 0. The number of esters is 1. The lowest BCUT2D eigenvalue weighted by Gasteiger charge is -2.07. The van der Waals surface area contributed by atoms with E-state index < -0.39 is 5.97 Å². The van der Waals surface area contributed by atoms with Crippen molar-refractivity contribution in [2.75, 3.05) is 13.7 Å². The summed E-state index contributed by atoms with van der Waals surface area (Å²) in [6.45, 7) is 0.265. The van der Waals surface area contributed by atoms with E-state index in [2.05, 4.69) is 0 Å². The van der Waals surface area contributed by atoms with Crippen LogP contribution in [0.4, 0.5) is 0 Å². The van der Waals surface area contributed by atoms with Crippen molar-refractivity contribution < 1.29 is 14.3 Å². The molecule has 0 atom stereocenters. The SMILES string of the molecule is COc1ccccc1CCOC(=O)CC#N. The monoisotopic (exact) mass is 219 g/mol. The van der Waals surface area contributed by atoms with Gasteiger partial charge in [-0.15, -0.1) is 0 Å². The number of methoxy groups -OCH3 is 1. The van der Waals surface area contributed by atoms with Crippen LogP contribution < -0.4 is 4.74 Å². The number of rotatable bonds is 5. The van der Waals surface area contributed by atoms with Crippen LogP contribution in [0.2, 0.25) is 0 Å². The normalized spacial score (nSPS) is 9.25. The van der Waals surface area contributed by atoms with E-state index in [-0.39, 0.29) is 13.0 Å². The van der Waals surface area contributed by atoms with Crippen molar-refractivity contribution in [1.82, 2.24) is 0 Å². The van der Waals surface area contributed by atoms with Gasteiger partial charge in [-0.1, -0.05) is 18.2 Å². The topological polar surface area (TPSA) is 59.3 Å². The third-order valence-corrected chi connectivity index (χ3v) is 2.05. The lowest BCUT2D eigenvalue weighted by atomic mass is 10.1. The minimum Gasteiger partial charge on any atom is -0.496 e. The molecule has 0 amide bonds. The van der Waals surface area contributed by atoms with Crippen LogP contribution in [0.15, 0.2) is 24.3 Å². The number of hydrogen-bond acceptors (Lipinski definition) is 4. The fourth-order valence-corrected chi connectivity index (χ4v) is 1.30. The highest BCUT2D eigenvalue weighted by Gasteiger charge is 2.04. The van der Waals surface area contributed by atoms with Gasteiger partial charge in [0.2, 0.25) is 0 Å². The number of benzene rings is 1. The van der Waals surface area contributed by atoms with Crippen molar-refractivity contribution in [2.24, 2.45) is 0 Å². The van der Waals surface area contributed by atoms with E-state index in [1.54, 1.807) is 13.2 Å². The largest absolute Gasteiger partial charge is 0.496 e. The minimum absolute atomic E-state index is 0.202. The maximum atomic E-state index is 10.9. The molecule has 0 radical (unpaired) electrons. The van der Waals surface area contributed by atoms with Gasteiger partial charge < -0.3 is 9.47 Å². The van der Waals surface area contributed by atoms with Crippen molar-refractivity contribution in [3.05, 3.63) is 29.8 Å². The molecule has 0 saturated heterocycles. The molecule has 4 heteroatoms. The maximum Gasteiger partial charge on any atom is 0.320 e. The molecule has 0 spiro atoms. The lowest BCUT2D eigenvalue weighted by molar-refractivity contribution is -0.142. The van der Waals surface area contributed by atoms with Crippen molar-refractivity contribution in [1.29, 1.82) is 5.26 Å². The average molecular weight is 219 g/mol. The van der Waals surface area contributed by atoms with E-state index in [1.165, 1.54) is 0 Å². The molecule has 0 heterocycles. The molecule has 16 heavy (non-hydrogen) atoms. The average Bonchev–Trinajstić information content (AvgIpc) is 2.30. The molecule has 1 aromatic carbocycles. The van der Waals surface area contributed by atoms with E-state index in [4.69, 9.17) is 14.7 Å². The quantitative estimate of drug-likeness (QED) is 0.707. The highest BCUT2D eigenvalue weighted by Crippen LogP contribution is 2.17. The highest BCUT2D eigenvalue weighted by atomic mass is 16.5. The fraction of sp³-hybridized carbons (Fsp3) is 0.333. The van der Waals surface area contributed by atoms with Gasteiger partial charge in [0, 0.05) is 6.42 Å². The molecule has 0 saturated carbocycles. The van der Waals surface area contributed by atoms with Gasteiger partial charge >= 0.3 is 5.97 Å². The molecule has 84 valence electrons. The Morgan fingerprint density at radius 3 is 2.88 bits per heavy atom. The summed E-state index contributed by atoms with van der Waals surface area (Å²) < 4.78 is 10.0. The molecule has 0 fully saturated rings. The molecule has 4 nitrogen and oxygen atoms in total. The van der Waals surface area contributed by atoms with Gasteiger partial charge in [-0.3, -0.25) is 4.79 Å². The van der Waals surface area contributed by atoms with E-state index in [9.17, 15) is 4.79 Å². The molecule has 0 N–H and O–H groups in total. The second kappa shape index (κ2) is 6.46. The zero-order chi connectivity index (χ0) is 11.8. The summed E-state index contributed by atoms with van der Waals surface area (Å²) >= 11 is 0. The predicted octanol–water partition coefficient (Wildman–Crippen LogP) is 1.69. The zero-order valence-electron chi connectivity index (χ0n) is 9.10. The third kappa shape index (κ3) is 3.62. The summed E-state index contributed by atoms with van der Waals surface area (Å²) in [5.41, 5.74) is 0.981.